The lowest BCUT2D eigenvalue weighted by Crippen LogP contribution is -2.50. The Balaban J connectivity index is 2.06. The molecule has 29 heavy (non-hydrogen) atoms. The molecule has 9 heteroatoms. The first-order valence-electron chi connectivity index (χ1n) is 8.81. The zero-order valence-electron chi connectivity index (χ0n) is 16.0. The van der Waals surface area contributed by atoms with Crippen LogP contribution in [0.5, 0.6) is 11.5 Å². The van der Waals surface area contributed by atoms with Crippen LogP contribution in [0.1, 0.15) is 6.92 Å². The number of aliphatic imine (C=N–C) groups is 1. The lowest BCUT2D eigenvalue weighted by Gasteiger charge is -2.36. The third-order valence-electron chi connectivity index (χ3n) is 3.96. The fourth-order valence-corrected chi connectivity index (χ4v) is 2.64. The van der Waals surface area contributed by atoms with E-state index < -0.39 is 6.36 Å². The summed E-state index contributed by atoms with van der Waals surface area (Å²) in [6.45, 7) is 11.2. The van der Waals surface area contributed by atoms with Crippen LogP contribution in [-0.4, -0.2) is 54.1 Å². The van der Waals surface area contributed by atoms with E-state index in [1.807, 2.05) is 11.8 Å². The number of carbonyl (C=O) groups is 1. The van der Waals surface area contributed by atoms with Crippen LogP contribution in [0.25, 0.3) is 0 Å². The van der Waals surface area contributed by atoms with Gasteiger partial charge < -0.3 is 19.3 Å². The minimum Gasteiger partial charge on any atom is -0.454 e. The van der Waals surface area contributed by atoms with Crippen molar-refractivity contribution in [1.82, 2.24) is 9.80 Å². The van der Waals surface area contributed by atoms with Gasteiger partial charge >= 0.3 is 6.36 Å². The number of rotatable bonds is 6. The molecule has 0 bridgehead atoms. The van der Waals surface area contributed by atoms with Gasteiger partial charge in [-0.05, 0) is 37.3 Å². The highest BCUT2D eigenvalue weighted by Gasteiger charge is 2.31. The fraction of sp³-hybridized carbons (Fsp3) is 0.300. The number of ether oxygens (including phenoxy) is 2. The van der Waals surface area contributed by atoms with Crippen molar-refractivity contribution in [3.63, 3.8) is 0 Å². The Kier molecular flexibility index (Phi) is 7.46. The summed E-state index contributed by atoms with van der Waals surface area (Å²) in [4.78, 5) is 19.7. The van der Waals surface area contributed by atoms with Crippen molar-refractivity contribution in [3.8, 4) is 11.5 Å². The van der Waals surface area contributed by atoms with E-state index in [2.05, 4.69) is 22.9 Å². The number of allylic oxidation sites excluding steroid dienone is 1. The normalized spacial score (nSPS) is 15.4. The monoisotopic (exact) mass is 409 g/mol. The van der Waals surface area contributed by atoms with Gasteiger partial charge in [-0.2, -0.15) is 0 Å². The maximum absolute atomic E-state index is 12.3. The van der Waals surface area contributed by atoms with Gasteiger partial charge in [0.15, 0.2) is 11.6 Å². The molecular formula is C20H22F3N3O3. The molecule has 0 N–H and O–H groups in total. The number of amidine groups is 1. The lowest BCUT2D eigenvalue weighted by atomic mass is 10.2. The lowest BCUT2D eigenvalue weighted by molar-refractivity contribution is -0.274. The van der Waals surface area contributed by atoms with E-state index in [0.29, 0.717) is 32.0 Å². The topological polar surface area (TPSA) is 54.4 Å². The third kappa shape index (κ3) is 6.70. The Labute approximate surface area is 167 Å². The third-order valence-corrected chi connectivity index (χ3v) is 3.96. The molecule has 0 aliphatic carbocycles. The Hall–Kier alpha value is -3.23. The second-order valence-electron chi connectivity index (χ2n) is 6.00. The molecule has 1 aliphatic heterocycles. The SMILES string of the molecule is C=CC(=O)N1CCN(C(=N/C=C\C)C(=C)Oc2ccc(OC(F)(F)F)cc2)CC1. The summed E-state index contributed by atoms with van der Waals surface area (Å²) >= 11 is 0. The molecule has 6 nitrogen and oxygen atoms in total. The van der Waals surface area contributed by atoms with E-state index in [0.717, 1.165) is 12.1 Å². The number of halogens is 3. The molecule has 1 aliphatic rings. The van der Waals surface area contributed by atoms with E-state index in [4.69, 9.17) is 4.74 Å². The average molecular weight is 409 g/mol. The van der Waals surface area contributed by atoms with E-state index in [9.17, 15) is 18.0 Å². The van der Waals surface area contributed by atoms with Gasteiger partial charge in [0.1, 0.15) is 11.5 Å². The molecule has 1 saturated heterocycles. The standard InChI is InChI=1S/C20H22F3N3O3/c1-4-10-24-19(26-13-11-25(12-14-26)18(27)5-2)15(3)28-16-6-8-17(9-7-16)29-20(21,22)23/h4-10H,2-3,11-14H2,1H3/b10-4-,24-19?. The van der Waals surface area contributed by atoms with Crippen LogP contribution in [0.3, 0.4) is 0 Å². The van der Waals surface area contributed by atoms with Gasteiger partial charge in [0, 0.05) is 32.4 Å². The molecule has 0 atom stereocenters. The molecule has 1 aromatic carbocycles. The van der Waals surface area contributed by atoms with Crippen molar-refractivity contribution in [2.45, 2.75) is 13.3 Å². The number of nitrogens with zero attached hydrogens (tertiary/aromatic N) is 3. The van der Waals surface area contributed by atoms with Gasteiger partial charge in [0.2, 0.25) is 5.91 Å². The van der Waals surface area contributed by atoms with Crippen molar-refractivity contribution in [1.29, 1.82) is 0 Å². The maximum Gasteiger partial charge on any atom is 0.573 e. The minimum absolute atomic E-state index is 0.132. The number of hydrogen-bond donors (Lipinski definition) is 0. The number of piperazine rings is 1. The van der Waals surface area contributed by atoms with Crippen LogP contribution in [0.4, 0.5) is 13.2 Å². The molecule has 1 heterocycles. The molecule has 0 saturated carbocycles. The highest BCUT2D eigenvalue weighted by molar-refractivity contribution is 5.97. The van der Waals surface area contributed by atoms with Gasteiger partial charge in [0.05, 0.1) is 0 Å². The fourth-order valence-electron chi connectivity index (χ4n) is 2.64. The van der Waals surface area contributed by atoms with Crippen LogP contribution >= 0.6 is 0 Å². The number of carbonyl (C=O) groups excluding carboxylic acids is 1. The first kappa shape index (κ1) is 22.1. The predicted octanol–water partition coefficient (Wildman–Crippen LogP) is 3.74. The molecule has 0 unspecified atom stereocenters. The van der Waals surface area contributed by atoms with Gasteiger partial charge in [0.25, 0.3) is 0 Å². The second-order valence-corrected chi connectivity index (χ2v) is 6.00. The van der Waals surface area contributed by atoms with Gasteiger partial charge in [-0.25, -0.2) is 4.99 Å². The predicted molar refractivity (Wildman–Crippen MR) is 103 cm³/mol. The smallest absolute Gasteiger partial charge is 0.454 e. The highest BCUT2D eigenvalue weighted by Crippen LogP contribution is 2.25. The number of benzene rings is 1. The largest absolute Gasteiger partial charge is 0.573 e. The first-order chi connectivity index (χ1) is 13.7. The summed E-state index contributed by atoms with van der Waals surface area (Å²) in [6, 6.07) is 5.00. The Morgan fingerprint density at radius 3 is 2.17 bits per heavy atom. The first-order valence-corrected chi connectivity index (χ1v) is 8.81. The van der Waals surface area contributed by atoms with Crippen LogP contribution < -0.4 is 9.47 Å². The Morgan fingerprint density at radius 2 is 1.66 bits per heavy atom. The van der Waals surface area contributed by atoms with E-state index in [-0.39, 0.29) is 23.2 Å². The molecule has 2 rings (SSSR count). The zero-order valence-corrected chi connectivity index (χ0v) is 16.0. The summed E-state index contributed by atoms with van der Waals surface area (Å²) in [5.41, 5.74) is 0. The summed E-state index contributed by atoms with van der Waals surface area (Å²) in [6.07, 6.45) is -0.147. The van der Waals surface area contributed by atoms with Crippen LogP contribution in [0.2, 0.25) is 0 Å². The van der Waals surface area contributed by atoms with Gasteiger partial charge in [-0.3, -0.25) is 4.79 Å². The van der Waals surface area contributed by atoms with Crippen LogP contribution in [0.15, 0.2) is 66.5 Å². The minimum atomic E-state index is -4.76. The molecule has 0 spiro atoms. The summed E-state index contributed by atoms with van der Waals surface area (Å²) in [5, 5.41) is 0. The van der Waals surface area contributed by atoms with Crippen molar-refractivity contribution in [3.05, 3.63) is 61.5 Å². The van der Waals surface area contributed by atoms with E-state index >= 15 is 0 Å². The molecule has 1 aromatic rings. The summed E-state index contributed by atoms with van der Waals surface area (Å²) in [7, 11) is 0. The van der Waals surface area contributed by atoms with Crippen molar-refractivity contribution in [2.24, 2.45) is 4.99 Å². The van der Waals surface area contributed by atoms with Crippen LogP contribution in [0, 0.1) is 0 Å². The summed E-state index contributed by atoms with van der Waals surface area (Å²) < 4.78 is 46.3. The number of amides is 1. The van der Waals surface area contributed by atoms with Gasteiger partial charge in [-0.15, -0.1) is 13.2 Å². The Bertz CT molecular complexity index is 793. The molecule has 156 valence electrons. The molecular weight excluding hydrogens is 387 g/mol. The zero-order chi connectivity index (χ0) is 21.4. The summed E-state index contributed by atoms with van der Waals surface area (Å²) in [5.74, 6) is 0.521. The van der Waals surface area contributed by atoms with E-state index in [1.54, 1.807) is 17.2 Å². The number of hydrogen-bond acceptors (Lipinski definition) is 4. The molecule has 0 aromatic heterocycles. The number of alkyl halides is 3. The van der Waals surface area contributed by atoms with Crippen LogP contribution in [-0.2, 0) is 4.79 Å². The van der Waals surface area contributed by atoms with Gasteiger partial charge in [-0.1, -0.05) is 19.2 Å². The van der Waals surface area contributed by atoms with Crippen molar-refractivity contribution >= 4 is 11.7 Å². The van der Waals surface area contributed by atoms with Crippen molar-refractivity contribution in [2.75, 3.05) is 26.2 Å². The molecule has 0 radical (unpaired) electrons. The average Bonchev–Trinajstić information content (AvgIpc) is 2.68. The molecule has 1 amide bonds. The highest BCUT2D eigenvalue weighted by atomic mass is 19.4. The second kappa shape index (κ2) is 9.81. The van der Waals surface area contributed by atoms with E-state index in [1.165, 1.54) is 18.2 Å². The Morgan fingerprint density at radius 1 is 1.10 bits per heavy atom. The maximum atomic E-state index is 12.3. The quantitative estimate of drug-likeness (QED) is 0.311. The molecule has 1 fully saturated rings. The van der Waals surface area contributed by atoms with Crippen molar-refractivity contribution < 1.29 is 27.4 Å².